The van der Waals surface area contributed by atoms with Crippen LogP contribution in [0.1, 0.15) is 51.4 Å². The number of likely N-dealkylation sites (N-methyl/N-ethyl adjacent to an activating group) is 1. The zero-order valence-corrected chi connectivity index (χ0v) is 17.8. The number of methoxy groups -OCH3 is 1. The maximum Gasteiger partial charge on any atom is 0.257 e. The smallest absolute Gasteiger partial charge is 0.257 e. The van der Waals surface area contributed by atoms with Crippen LogP contribution in [0.15, 0.2) is 18.2 Å². The summed E-state index contributed by atoms with van der Waals surface area (Å²) in [7, 11) is 3.36. The first kappa shape index (κ1) is 26.9. The molecule has 1 unspecified atom stereocenters. The highest BCUT2D eigenvalue weighted by atomic mass is 16.5. The maximum atomic E-state index is 12.3. The second kappa shape index (κ2) is 17.1. The number of carbonyl (C=O) groups excluding carboxylic acids is 2. The van der Waals surface area contributed by atoms with Gasteiger partial charge in [0.15, 0.2) is 11.5 Å². The molecule has 1 aromatic carbocycles. The van der Waals surface area contributed by atoms with Crippen LogP contribution < -0.4 is 15.4 Å². The van der Waals surface area contributed by atoms with Crippen LogP contribution in [0.4, 0.5) is 0 Å². The summed E-state index contributed by atoms with van der Waals surface area (Å²) in [5.74, 6) is 0.0901. The fourth-order valence-corrected chi connectivity index (χ4v) is 2.29. The molecule has 0 spiro atoms. The van der Waals surface area contributed by atoms with Crippen molar-refractivity contribution in [2.45, 2.75) is 47.1 Å². The number of carbonyl (C=O) groups is 2. The van der Waals surface area contributed by atoms with Gasteiger partial charge >= 0.3 is 0 Å². The summed E-state index contributed by atoms with van der Waals surface area (Å²) < 4.78 is 5.01. The molecule has 0 aliphatic carbocycles. The van der Waals surface area contributed by atoms with Crippen molar-refractivity contribution < 1.29 is 19.4 Å². The van der Waals surface area contributed by atoms with Gasteiger partial charge in [0, 0.05) is 25.7 Å². The van der Waals surface area contributed by atoms with Crippen molar-refractivity contribution in [2.75, 3.05) is 33.8 Å². The predicted molar refractivity (Wildman–Crippen MR) is 110 cm³/mol. The zero-order valence-electron chi connectivity index (χ0n) is 17.8. The minimum atomic E-state index is -0.149. The first-order valence-corrected chi connectivity index (χ1v) is 9.58. The van der Waals surface area contributed by atoms with Crippen molar-refractivity contribution >= 4 is 12.3 Å². The van der Waals surface area contributed by atoms with Crippen LogP contribution in [0.3, 0.4) is 0 Å². The van der Waals surface area contributed by atoms with Crippen LogP contribution in [0.2, 0.25) is 0 Å². The molecule has 1 atom stereocenters. The Morgan fingerprint density at radius 2 is 1.96 bits per heavy atom. The second-order valence-electron chi connectivity index (χ2n) is 5.06. The molecule has 156 valence electrons. The number of hydrogen-bond donors (Lipinski definition) is 3. The van der Waals surface area contributed by atoms with E-state index in [1.54, 1.807) is 23.1 Å². The molecule has 1 heterocycles. The highest BCUT2D eigenvalue weighted by molar-refractivity contribution is 5.97. The van der Waals surface area contributed by atoms with Gasteiger partial charge in [0.2, 0.25) is 6.41 Å². The lowest BCUT2D eigenvalue weighted by Gasteiger charge is -2.17. The molecule has 1 saturated heterocycles. The lowest BCUT2D eigenvalue weighted by molar-refractivity contribution is -0.109. The Hall–Kier alpha value is -2.28. The number of aromatic hydroxyl groups is 1. The van der Waals surface area contributed by atoms with Crippen molar-refractivity contribution in [1.82, 2.24) is 15.5 Å². The van der Waals surface area contributed by atoms with Crippen LogP contribution in [0.5, 0.6) is 11.5 Å². The third-order valence-corrected chi connectivity index (χ3v) is 3.62. The highest BCUT2D eigenvalue weighted by Gasteiger charge is 2.27. The molecule has 27 heavy (non-hydrogen) atoms. The maximum absolute atomic E-state index is 12.3. The van der Waals surface area contributed by atoms with E-state index in [0.29, 0.717) is 36.9 Å². The van der Waals surface area contributed by atoms with Crippen LogP contribution >= 0.6 is 0 Å². The van der Waals surface area contributed by atoms with E-state index in [4.69, 9.17) is 4.74 Å². The van der Waals surface area contributed by atoms with Gasteiger partial charge < -0.3 is 25.4 Å². The lowest BCUT2D eigenvalue weighted by Crippen LogP contribution is -2.33. The molecule has 0 saturated carbocycles. The first-order chi connectivity index (χ1) is 13.1. The number of ether oxygens (including phenoxy) is 1. The summed E-state index contributed by atoms with van der Waals surface area (Å²) in [6.07, 6.45) is 1.62. The molecule has 1 aliphatic rings. The summed E-state index contributed by atoms with van der Waals surface area (Å²) in [5, 5.41) is 15.5. The number of nitrogens with one attached hydrogen (secondary N) is 2. The number of benzene rings is 1. The molecule has 7 heteroatoms. The van der Waals surface area contributed by atoms with E-state index in [-0.39, 0.29) is 11.7 Å². The van der Waals surface area contributed by atoms with Crippen LogP contribution in [-0.4, -0.2) is 62.2 Å². The van der Waals surface area contributed by atoms with Crippen molar-refractivity contribution in [3.05, 3.63) is 23.8 Å². The lowest BCUT2D eigenvalue weighted by atomic mass is 10.1. The Balaban J connectivity index is 0. The minimum Gasteiger partial charge on any atom is -0.504 e. The fourth-order valence-electron chi connectivity index (χ4n) is 2.29. The van der Waals surface area contributed by atoms with E-state index in [2.05, 4.69) is 10.6 Å². The number of likely N-dealkylation sites (tertiary alicyclic amines) is 1. The fraction of sp³-hybridized carbons (Fsp3) is 0.600. The van der Waals surface area contributed by atoms with Gasteiger partial charge in [-0.25, -0.2) is 0 Å². The summed E-state index contributed by atoms with van der Waals surface area (Å²) in [6, 6.07) is 5.29. The third kappa shape index (κ3) is 9.28. The normalized spacial score (nSPS) is 14.3. The Labute approximate surface area is 164 Å². The molecular formula is C20H37N3O4. The van der Waals surface area contributed by atoms with Crippen LogP contribution in [0.25, 0.3) is 0 Å². The topological polar surface area (TPSA) is 90.9 Å². The highest BCUT2D eigenvalue weighted by Crippen LogP contribution is 2.30. The van der Waals surface area contributed by atoms with Gasteiger partial charge in [0.1, 0.15) is 0 Å². The SMILES string of the molecule is CC.CC.CCNC=O.CNC1CCN(C(=O)c2cccc(OC)c2O)C1. The molecule has 0 radical (unpaired) electrons. The summed E-state index contributed by atoms with van der Waals surface area (Å²) in [6.45, 7) is 12.0. The van der Waals surface area contributed by atoms with Crippen molar-refractivity contribution in [1.29, 1.82) is 0 Å². The van der Waals surface area contributed by atoms with Gasteiger partial charge in [-0.3, -0.25) is 9.59 Å². The molecular weight excluding hydrogens is 346 g/mol. The number of hydrogen-bond acceptors (Lipinski definition) is 5. The largest absolute Gasteiger partial charge is 0.504 e. The summed E-state index contributed by atoms with van der Waals surface area (Å²) in [5.41, 5.74) is 0.297. The van der Waals surface area contributed by atoms with E-state index in [1.165, 1.54) is 7.11 Å². The summed E-state index contributed by atoms with van der Waals surface area (Å²) >= 11 is 0. The average Bonchev–Trinajstić information content (AvgIpc) is 3.21. The van der Waals surface area contributed by atoms with E-state index >= 15 is 0 Å². The van der Waals surface area contributed by atoms with Crippen LogP contribution in [0, 0.1) is 0 Å². The Morgan fingerprint density at radius 1 is 1.33 bits per heavy atom. The van der Waals surface area contributed by atoms with E-state index in [9.17, 15) is 14.7 Å². The quantitative estimate of drug-likeness (QED) is 0.680. The van der Waals surface area contributed by atoms with E-state index in [0.717, 1.165) is 13.0 Å². The van der Waals surface area contributed by atoms with Gasteiger partial charge in [-0.05, 0) is 32.5 Å². The van der Waals surface area contributed by atoms with Crippen molar-refractivity contribution in [2.24, 2.45) is 0 Å². The predicted octanol–water partition coefficient (Wildman–Crippen LogP) is 2.64. The molecule has 2 amide bonds. The number of phenols is 1. The van der Waals surface area contributed by atoms with Gasteiger partial charge in [-0.2, -0.15) is 0 Å². The first-order valence-electron chi connectivity index (χ1n) is 9.58. The van der Waals surface area contributed by atoms with Gasteiger partial charge in [0.25, 0.3) is 5.91 Å². The monoisotopic (exact) mass is 383 g/mol. The van der Waals surface area contributed by atoms with Crippen molar-refractivity contribution in [3.8, 4) is 11.5 Å². The second-order valence-corrected chi connectivity index (χ2v) is 5.06. The zero-order chi connectivity index (χ0) is 21.2. The molecule has 3 N–H and O–H groups in total. The summed E-state index contributed by atoms with van der Waals surface area (Å²) in [4.78, 5) is 23.3. The van der Waals surface area contributed by atoms with Gasteiger partial charge in [-0.1, -0.05) is 33.8 Å². The van der Waals surface area contributed by atoms with Crippen molar-refractivity contribution in [3.63, 3.8) is 0 Å². The molecule has 7 nitrogen and oxygen atoms in total. The number of nitrogens with zero attached hydrogens (tertiary/aromatic N) is 1. The molecule has 1 aromatic rings. The molecule has 2 rings (SSSR count). The minimum absolute atomic E-state index is 0.0853. The van der Waals surface area contributed by atoms with E-state index < -0.39 is 0 Å². The molecule has 0 aromatic heterocycles. The van der Waals surface area contributed by atoms with Crippen LogP contribution in [-0.2, 0) is 4.79 Å². The number of para-hydroxylation sites is 1. The van der Waals surface area contributed by atoms with E-state index in [1.807, 2.05) is 41.7 Å². The number of amides is 2. The Bertz CT molecular complexity index is 524. The molecule has 1 aliphatic heterocycles. The number of rotatable bonds is 5. The Morgan fingerprint density at radius 3 is 2.37 bits per heavy atom. The standard InChI is InChI=1S/C13H18N2O3.C3H7NO.2C2H6/c1-14-9-6-7-15(8-9)13(17)10-4-3-5-11(18-2)12(10)16;1-2-4-3-5;2*1-2/h3-5,9,14,16H,6-8H2,1-2H3;3H,2H2,1H3,(H,4,5);2*1-2H3. The molecule has 1 fully saturated rings. The average molecular weight is 384 g/mol. The van der Waals surface area contributed by atoms with Gasteiger partial charge in [0.05, 0.1) is 12.7 Å². The Kier molecular flexibility index (Phi) is 17.1. The van der Waals surface area contributed by atoms with Gasteiger partial charge in [-0.15, -0.1) is 0 Å². The number of phenolic OH excluding ortho intramolecular Hbond substituents is 1. The third-order valence-electron chi connectivity index (χ3n) is 3.62. The molecule has 0 bridgehead atoms.